The summed E-state index contributed by atoms with van der Waals surface area (Å²) < 4.78 is 0. The van der Waals surface area contributed by atoms with E-state index in [0.717, 1.165) is 30.3 Å². The number of aryl methyl sites for hydroxylation is 1. The Morgan fingerprint density at radius 3 is 2.44 bits per heavy atom. The van der Waals surface area contributed by atoms with Crippen LogP contribution >= 0.6 is 11.3 Å². The fraction of sp³-hybridized carbons (Fsp3) is 0.357. The summed E-state index contributed by atoms with van der Waals surface area (Å²) in [7, 11) is 0. The normalized spacial score (nSPS) is 14.0. The van der Waals surface area contributed by atoms with Crippen LogP contribution in [0.5, 0.6) is 0 Å². The van der Waals surface area contributed by atoms with Gasteiger partial charge in [-0.25, -0.2) is 4.98 Å². The molecule has 3 nitrogen and oxygen atoms in total. The van der Waals surface area contributed by atoms with Gasteiger partial charge in [-0.2, -0.15) is 0 Å². The lowest BCUT2D eigenvalue weighted by Crippen LogP contribution is -2.14. The molecule has 0 unspecified atom stereocenters. The van der Waals surface area contributed by atoms with Crippen molar-refractivity contribution in [3.63, 3.8) is 0 Å². The van der Waals surface area contributed by atoms with E-state index < -0.39 is 0 Å². The third-order valence-electron chi connectivity index (χ3n) is 3.40. The third-order valence-corrected chi connectivity index (χ3v) is 4.58. The standard InChI is InChI=1S/C14H17N3S/c1-2-12-13(7-15)18-14(16-12)17-8-10-5-3-4-6-11(10)9-17/h3-6H,2,7-9,15H2,1H3. The first kappa shape index (κ1) is 11.7. The molecule has 94 valence electrons. The number of aromatic nitrogens is 1. The van der Waals surface area contributed by atoms with Crippen LogP contribution in [-0.2, 0) is 26.1 Å². The number of benzene rings is 1. The van der Waals surface area contributed by atoms with Gasteiger partial charge in [0.25, 0.3) is 0 Å². The van der Waals surface area contributed by atoms with Crippen LogP contribution in [0.25, 0.3) is 0 Å². The van der Waals surface area contributed by atoms with Crippen LogP contribution in [0.3, 0.4) is 0 Å². The lowest BCUT2D eigenvalue weighted by molar-refractivity contribution is 0.863. The highest BCUT2D eigenvalue weighted by molar-refractivity contribution is 7.15. The summed E-state index contributed by atoms with van der Waals surface area (Å²) in [6, 6.07) is 8.61. The minimum atomic E-state index is 0.599. The molecule has 1 aromatic heterocycles. The molecule has 0 radical (unpaired) electrons. The maximum atomic E-state index is 5.77. The summed E-state index contributed by atoms with van der Waals surface area (Å²) in [6.45, 7) is 4.67. The summed E-state index contributed by atoms with van der Waals surface area (Å²) in [5.74, 6) is 0. The maximum absolute atomic E-state index is 5.77. The molecule has 3 rings (SSSR count). The second kappa shape index (κ2) is 4.71. The molecule has 1 aliphatic heterocycles. The zero-order valence-electron chi connectivity index (χ0n) is 10.5. The molecule has 18 heavy (non-hydrogen) atoms. The number of anilines is 1. The van der Waals surface area contributed by atoms with E-state index in [2.05, 4.69) is 36.1 Å². The first-order valence-corrected chi connectivity index (χ1v) is 7.13. The number of rotatable bonds is 3. The third kappa shape index (κ3) is 1.91. The van der Waals surface area contributed by atoms with Crippen LogP contribution < -0.4 is 10.6 Å². The largest absolute Gasteiger partial charge is 0.339 e. The molecule has 1 aromatic carbocycles. The molecule has 2 heterocycles. The average Bonchev–Trinajstić information content (AvgIpc) is 3.01. The molecule has 0 amide bonds. The monoisotopic (exact) mass is 259 g/mol. The van der Waals surface area contributed by atoms with E-state index in [-0.39, 0.29) is 0 Å². The molecule has 4 heteroatoms. The van der Waals surface area contributed by atoms with Crippen molar-refractivity contribution in [2.24, 2.45) is 5.73 Å². The molecule has 1 aliphatic rings. The van der Waals surface area contributed by atoms with Gasteiger partial charge in [0, 0.05) is 24.5 Å². The van der Waals surface area contributed by atoms with Crippen molar-refractivity contribution in [1.82, 2.24) is 4.98 Å². The zero-order chi connectivity index (χ0) is 12.5. The number of nitrogens with two attached hydrogens (primary N) is 1. The van der Waals surface area contributed by atoms with Gasteiger partial charge in [-0.3, -0.25) is 0 Å². The summed E-state index contributed by atoms with van der Waals surface area (Å²) >= 11 is 1.74. The van der Waals surface area contributed by atoms with E-state index in [1.54, 1.807) is 11.3 Å². The molecule has 0 aliphatic carbocycles. The Bertz CT molecular complexity index is 515. The average molecular weight is 259 g/mol. The van der Waals surface area contributed by atoms with Gasteiger partial charge in [-0.1, -0.05) is 31.2 Å². The lowest BCUT2D eigenvalue weighted by atomic mass is 10.1. The number of hydrogen-bond acceptors (Lipinski definition) is 4. The van der Waals surface area contributed by atoms with Crippen LogP contribution in [0.1, 0.15) is 28.6 Å². The van der Waals surface area contributed by atoms with E-state index in [1.165, 1.54) is 16.0 Å². The van der Waals surface area contributed by atoms with E-state index >= 15 is 0 Å². The van der Waals surface area contributed by atoms with Crippen molar-refractivity contribution < 1.29 is 0 Å². The van der Waals surface area contributed by atoms with Crippen molar-refractivity contribution >= 4 is 16.5 Å². The summed E-state index contributed by atoms with van der Waals surface area (Å²) in [5.41, 5.74) is 9.77. The SMILES string of the molecule is CCc1nc(N2Cc3ccccc3C2)sc1CN. The number of fused-ring (bicyclic) bond motifs is 1. The minimum Gasteiger partial charge on any atom is -0.339 e. The van der Waals surface area contributed by atoms with E-state index in [9.17, 15) is 0 Å². The summed E-state index contributed by atoms with van der Waals surface area (Å²) in [4.78, 5) is 8.30. The fourth-order valence-corrected chi connectivity index (χ4v) is 3.43. The van der Waals surface area contributed by atoms with Gasteiger partial charge in [0.05, 0.1) is 5.69 Å². The van der Waals surface area contributed by atoms with Gasteiger partial charge in [0.1, 0.15) is 0 Å². The van der Waals surface area contributed by atoms with Crippen molar-refractivity contribution in [3.05, 3.63) is 46.0 Å². The Hall–Kier alpha value is -1.39. The smallest absolute Gasteiger partial charge is 0.186 e. The Kier molecular flexibility index (Phi) is 3.06. The van der Waals surface area contributed by atoms with Crippen LogP contribution in [-0.4, -0.2) is 4.98 Å². The second-order valence-corrected chi connectivity index (χ2v) is 5.61. The lowest BCUT2D eigenvalue weighted by Gasteiger charge is -2.12. The minimum absolute atomic E-state index is 0.599. The molecule has 0 saturated carbocycles. The zero-order valence-corrected chi connectivity index (χ0v) is 11.3. The molecule has 0 saturated heterocycles. The molecule has 0 bridgehead atoms. The number of nitrogens with zero attached hydrogens (tertiary/aromatic N) is 2. The van der Waals surface area contributed by atoms with Crippen molar-refractivity contribution in [2.75, 3.05) is 4.90 Å². The van der Waals surface area contributed by atoms with Gasteiger partial charge in [0.2, 0.25) is 0 Å². The fourth-order valence-electron chi connectivity index (χ4n) is 2.41. The topological polar surface area (TPSA) is 42.2 Å². The second-order valence-electron chi connectivity index (χ2n) is 4.55. The van der Waals surface area contributed by atoms with Crippen LogP contribution in [0.2, 0.25) is 0 Å². The van der Waals surface area contributed by atoms with Crippen LogP contribution in [0.15, 0.2) is 24.3 Å². The van der Waals surface area contributed by atoms with Crippen molar-refractivity contribution in [1.29, 1.82) is 0 Å². The van der Waals surface area contributed by atoms with Crippen LogP contribution in [0.4, 0.5) is 5.13 Å². The first-order valence-electron chi connectivity index (χ1n) is 6.32. The van der Waals surface area contributed by atoms with E-state index in [0.29, 0.717) is 6.54 Å². The highest BCUT2D eigenvalue weighted by atomic mass is 32.1. The Morgan fingerprint density at radius 1 is 1.28 bits per heavy atom. The summed E-state index contributed by atoms with van der Waals surface area (Å²) in [6.07, 6.45) is 0.962. The van der Waals surface area contributed by atoms with Gasteiger partial charge in [-0.05, 0) is 17.5 Å². The predicted molar refractivity (Wildman–Crippen MR) is 75.7 cm³/mol. The van der Waals surface area contributed by atoms with Gasteiger partial charge < -0.3 is 10.6 Å². The Morgan fingerprint density at radius 2 is 1.94 bits per heavy atom. The van der Waals surface area contributed by atoms with Gasteiger partial charge >= 0.3 is 0 Å². The molecular weight excluding hydrogens is 242 g/mol. The van der Waals surface area contributed by atoms with Gasteiger partial charge in [-0.15, -0.1) is 11.3 Å². The first-order chi connectivity index (χ1) is 8.81. The maximum Gasteiger partial charge on any atom is 0.186 e. The molecule has 0 atom stereocenters. The number of thiazole rings is 1. The molecule has 2 aromatic rings. The van der Waals surface area contributed by atoms with Crippen molar-refractivity contribution in [3.8, 4) is 0 Å². The molecule has 0 fully saturated rings. The quantitative estimate of drug-likeness (QED) is 0.921. The Balaban J connectivity index is 1.88. The highest BCUT2D eigenvalue weighted by Gasteiger charge is 2.22. The highest BCUT2D eigenvalue weighted by Crippen LogP contribution is 2.32. The molecular formula is C14H17N3S. The van der Waals surface area contributed by atoms with Crippen molar-refractivity contribution in [2.45, 2.75) is 33.0 Å². The summed E-state index contributed by atoms with van der Waals surface area (Å²) in [5, 5.41) is 1.11. The van der Waals surface area contributed by atoms with E-state index in [1.807, 2.05) is 0 Å². The van der Waals surface area contributed by atoms with Gasteiger partial charge in [0.15, 0.2) is 5.13 Å². The predicted octanol–water partition coefficient (Wildman–Crippen LogP) is 2.68. The van der Waals surface area contributed by atoms with E-state index in [4.69, 9.17) is 10.7 Å². The van der Waals surface area contributed by atoms with Crippen LogP contribution in [0, 0.1) is 0 Å². The Labute approximate surface area is 111 Å². The molecule has 2 N–H and O–H groups in total. The number of hydrogen-bond donors (Lipinski definition) is 1. The molecule has 0 spiro atoms.